The largest absolute Gasteiger partial charge is 0.261 e. The molecule has 0 bridgehead atoms. The van der Waals surface area contributed by atoms with Gasteiger partial charge in [-0.15, -0.1) is 0 Å². The Bertz CT molecular complexity index is 813. The van der Waals surface area contributed by atoms with Gasteiger partial charge in [0.15, 0.2) is 0 Å². The van der Waals surface area contributed by atoms with E-state index in [2.05, 4.69) is 90.9 Å². The van der Waals surface area contributed by atoms with Crippen molar-refractivity contribution in [2.24, 2.45) is 4.99 Å². The van der Waals surface area contributed by atoms with E-state index in [4.69, 9.17) is 0 Å². The highest BCUT2D eigenvalue weighted by Gasteiger charge is 2.31. The first-order chi connectivity index (χ1) is 13.1. The molecule has 0 fully saturated rings. The van der Waals surface area contributed by atoms with Crippen LogP contribution in [-0.4, -0.2) is 6.21 Å². The van der Waals surface area contributed by atoms with Crippen LogP contribution in [0.3, 0.4) is 0 Å². The van der Waals surface area contributed by atoms with E-state index in [1.54, 1.807) is 0 Å². The molecule has 0 aromatic heterocycles. The normalized spacial score (nSPS) is 14.1. The van der Waals surface area contributed by atoms with Crippen LogP contribution in [-0.2, 0) is 5.41 Å². The van der Waals surface area contributed by atoms with Gasteiger partial charge in [-0.2, -0.15) is 0 Å². The second-order valence-corrected chi connectivity index (χ2v) is 8.06. The highest BCUT2D eigenvalue weighted by Crippen LogP contribution is 2.41. The van der Waals surface area contributed by atoms with Gasteiger partial charge >= 0.3 is 0 Å². The minimum Gasteiger partial charge on any atom is -0.261 e. The van der Waals surface area contributed by atoms with Crippen LogP contribution in [0.15, 0.2) is 64.8 Å². The summed E-state index contributed by atoms with van der Waals surface area (Å²) in [6.45, 7) is 25.9. The highest BCUT2D eigenvalue weighted by molar-refractivity contribution is 5.75. The summed E-state index contributed by atoms with van der Waals surface area (Å²) < 4.78 is 0. The summed E-state index contributed by atoms with van der Waals surface area (Å²) in [4.78, 5) is 4.56. The summed E-state index contributed by atoms with van der Waals surface area (Å²) in [6.07, 6.45) is 7.29. The van der Waals surface area contributed by atoms with E-state index in [0.717, 1.165) is 36.1 Å². The van der Waals surface area contributed by atoms with E-state index in [1.807, 2.05) is 13.1 Å². The lowest BCUT2D eigenvalue weighted by molar-refractivity contribution is 0.439. The van der Waals surface area contributed by atoms with Crippen LogP contribution >= 0.6 is 0 Å². The Morgan fingerprint density at radius 1 is 1.11 bits per heavy atom. The minimum atomic E-state index is 0.0604. The average Bonchev–Trinajstić information content (AvgIpc) is 2.64. The van der Waals surface area contributed by atoms with Gasteiger partial charge in [-0.05, 0) is 88.3 Å². The molecule has 1 aromatic carbocycles. The van der Waals surface area contributed by atoms with Crippen molar-refractivity contribution in [2.45, 2.75) is 80.1 Å². The zero-order valence-corrected chi connectivity index (χ0v) is 19.4. The summed E-state index contributed by atoms with van der Waals surface area (Å²) in [6, 6.07) is 6.76. The molecule has 0 aliphatic rings. The topological polar surface area (TPSA) is 12.4 Å². The summed E-state index contributed by atoms with van der Waals surface area (Å²) in [5.41, 5.74) is 9.61. The predicted octanol–water partition coefficient (Wildman–Crippen LogP) is 8.36. The third-order valence-corrected chi connectivity index (χ3v) is 5.92. The highest BCUT2D eigenvalue weighted by atomic mass is 14.7. The Balaban J connectivity index is 3.42. The molecule has 0 heterocycles. The van der Waals surface area contributed by atoms with Gasteiger partial charge < -0.3 is 0 Å². The fourth-order valence-corrected chi connectivity index (χ4v) is 3.96. The van der Waals surface area contributed by atoms with Crippen LogP contribution in [0.25, 0.3) is 5.57 Å². The van der Waals surface area contributed by atoms with E-state index in [9.17, 15) is 0 Å². The molecular weight excluding hydrogens is 338 g/mol. The standard InChI is InChI=1S/C27H39N/c1-11-16-27(12-2,20(6)7)25-15-14-24(17-22(25)9)21(8)18-26(28-13-3)23(10)19(4)5/h13-15,17-18H,6,8,11-12,16H2,1-5,7,9-10H3/b26-18+,28-13?. The van der Waals surface area contributed by atoms with E-state index >= 15 is 0 Å². The Hall–Kier alpha value is -2.15. The molecule has 0 saturated carbocycles. The SMILES string of the molecule is C=C(/C=C(/N=CC)C(C)=C(C)C)c1ccc(C(CC)(CCC)C(=C)C)c(C)c1. The zero-order chi connectivity index (χ0) is 21.5. The van der Waals surface area contributed by atoms with Crippen LogP contribution in [0, 0.1) is 6.92 Å². The maximum absolute atomic E-state index is 4.56. The van der Waals surface area contributed by atoms with Crippen LogP contribution < -0.4 is 0 Å². The van der Waals surface area contributed by atoms with Crippen LogP contribution in [0.5, 0.6) is 0 Å². The monoisotopic (exact) mass is 377 g/mol. The minimum absolute atomic E-state index is 0.0604. The first-order valence-electron chi connectivity index (χ1n) is 10.5. The van der Waals surface area contributed by atoms with E-state index in [0.29, 0.717) is 0 Å². The molecule has 0 aliphatic carbocycles. The number of hydrogen-bond acceptors (Lipinski definition) is 1. The molecular formula is C27H39N. The maximum atomic E-state index is 4.56. The summed E-state index contributed by atoms with van der Waals surface area (Å²) in [7, 11) is 0. The fourth-order valence-electron chi connectivity index (χ4n) is 3.96. The Labute approximate surface area is 173 Å². The van der Waals surface area contributed by atoms with Gasteiger partial charge in [-0.25, -0.2) is 0 Å². The quantitative estimate of drug-likeness (QED) is 0.233. The molecule has 1 nitrogen and oxygen atoms in total. The molecule has 1 aromatic rings. The Kier molecular flexibility index (Phi) is 8.88. The molecule has 28 heavy (non-hydrogen) atoms. The molecule has 1 unspecified atom stereocenters. The smallest absolute Gasteiger partial charge is 0.0660 e. The summed E-state index contributed by atoms with van der Waals surface area (Å²) >= 11 is 0. The lowest BCUT2D eigenvalue weighted by atomic mass is 9.68. The van der Waals surface area contributed by atoms with Crippen molar-refractivity contribution >= 4 is 11.8 Å². The van der Waals surface area contributed by atoms with Crippen molar-refractivity contribution in [3.63, 3.8) is 0 Å². The second-order valence-electron chi connectivity index (χ2n) is 8.06. The van der Waals surface area contributed by atoms with Gasteiger partial charge in [-0.1, -0.05) is 62.8 Å². The first-order valence-corrected chi connectivity index (χ1v) is 10.5. The lowest BCUT2D eigenvalue weighted by Crippen LogP contribution is -2.27. The molecule has 152 valence electrons. The van der Waals surface area contributed by atoms with Gasteiger partial charge in [0.1, 0.15) is 0 Å². The van der Waals surface area contributed by atoms with E-state index in [-0.39, 0.29) is 5.41 Å². The van der Waals surface area contributed by atoms with Gasteiger partial charge in [0.25, 0.3) is 0 Å². The molecule has 1 atom stereocenters. The summed E-state index contributed by atoms with van der Waals surface area (Å²) in [5.74, 6) is 0. The Morgan fingerprint density at radius 2 is 1.75 bits per heavy atom. The molecule has 0 spiro atoms. The van der Waals surface area contributed by atoms with Gasteiger partial charge in [0, 0.05) is 11.6 Å². The van der Waals surface area contributed by atoms with Gasteiger partial charge in [0.05, 0.1) is 5.70 Å². The molecule has 1 rings (SSSR count). The van der Waals surface area contributed by atoms with Crippen molar-refractivity contribution < 1.29 is 0 Å². The van der Waals surface area contributed by atoms with Crippen LogP contribution in [0.1, 0.15) is 84.4 Å². The predicted molar refractivity (Wildman–Crippen MR) is 128 cm³/mol. The van der Waals surface area contributed by atoms with Gasteiger partial charge in [0.2, 0.25) is 0 Å². The lowest BCUT2D eigenvalue weighted by Gasteiger charge is -2.36. The Morgan fingerprint density at radius 3 is 2.18 bits per heavy atom. The average molecular weight is 378 g/mol. The number of allylic oxidation sites excluding steroid dienone is 5. The molecule has 0 amide bonds. The van der Waals surface area contributed by atoms with Crippen molar-refractivity contribution in [2.75, 3.05) is 0 Å². The summed E-state index contributed by atoms with van der Waals surface area (Å²) in [5, 5.41) is 0. The van der Waals surface area contributed by atoms with Crippen molar-refractivity contribution in [3.05, 3.63) is 76.5 Å². The number of nitrogens with zero attached hydrogens (tertiary/aromatic N) is 1. The number of aryl methyl sites for hydroxylation is 1. The molecule has 0 N–H and O–H groups in total. The van der Waals surface area contributed by atoms with Crippen LogP contribution in [0.2, 0.25) is 0 Å². The van der Waals surface area contributed by atoms with E-state index < -0.39 is 0 Å². The maximum Gasteiger partial charge on any atom is 0.0660 e. The molecule has 1 heteroatoms. The van der Waals surface area contributed by atoms with Crippen molar-refractivity contribution in [1.82, 2.24) is 0 Å². The van der Waals surface area contributed by atoms with Crippen molar-refractivity contribution in [1.29, 1.82) is 0 Å². The fraction of sp³-hybridized carbons (Fsp3) is 0.444. The molecule has 0 radical (unpaired) electrons. The third-order valence-electron chi connectivity index (χ3n) is 5.92. The van der Waals surface area contributed by atoms with Crippen LogP contribution in [0.4, 0.5) is 0 Å². The number of benzene rings is 1. The third kappa shape index (κ3) is 5.22. The zero-order valence-electron chi connectivity index (χ0n) is 19.4. The molecule has 0 aliphatic heterocycles. The number of hydrogen-bond donors (Lipinski definition) is 0. The van der Waals surface area contributed by atoms with Gasteiger partial charge in [-0.3, -0.25) is 4.99 Å². The van der Waals surface area contributed by atoms with E-state index in [1.165, 1.54) is 27.8 Å². The number of aliphatic imine (C=N–C) groups is 1. The second kappa shape index (κ2) is 10.4. The number of rotatable bonds is 9. The first kappa shape index (κ1) is 23.9. The molecule has 0 saturated heterocycles. The van der Waals surface area contributed by atoms with Crippen molar-refractivity contribution in [3.8, 4) is 0 Å².